The predicted octanol–water partition coefficient (Wildman–Crippen LogP) is 3.24. The molecule has 0 aliphatic carbocycles. The van der Waals surface area contributed by atoms with Crippen molar-refractivity contribution in [3.63, 3.8) is 0 Å². The summed E-state index contributed by atoms with van der Waals surface area (Å²) in [6.07, 6.45) is 4.13. The molecule has 138 valence electrons. The van der Waals surface area contributed by atoms with Crippen molar-refractivity contribution in [3.05, 3.63) is 54.0 Å². The normalized spacial score (nSPS) is 23.5. The van der Waals surface area contributed by atoms with Gasteiger partial charge >= 0.3 is 0 Å². The van der Waals surface area contributed by atoms with Crippen LogP contribution in [-0.4, -0.2) is 55.5 Å². The Balaban J connectivity index is 1.56. The summed E-state index contributed by atoms with van der Waals surface area (Å²) in [5.74, 6) is 2.05. The largest absolute Gasteiger partial charge is 0.497 e. The van der Waals surface area contributed by atoms with Crippen LogP contribution in [0.25, 0.3) is 0 Å². The van der Waals surface area contributed by atoms with Gasteiger partial charge in [-0.05, 0) is 61.7 Å². The molecule has 2 saturated heterocycles. The Bertz CT molecular complexity index is 737. The molecule has 5 heteroatoms. The number of likely N-dealkylation sites (tertiary alicyclic amines) is 2. The van der Waals surface area contributed by atoms with E-state index in [9.17, 15) is 4.79 Å². The Hall–Kier alpha value is -2.27. The van der Waals surface area contributed by atoms with Crippen LogP contribution in [0.2, 0.25) is 0 Å². The van der Waals surface area contributed by atoms with E-state index >= 15 is 0 Å². The quantitative estimate of drug-likeness (QED) is 0.827. The first-order chi connectivity index (χ1) is 12.7. The molecule has 2 aliphatic heterocycles. The third-order valence-corrected chi connectivity index (χ3v) is 5.67. The Morgan fingerprint density at radius 2 is 2.04 bits per heavy atom. The van der Waals surface area contributed by atoms with Gasteiger partial charge in [-0.1, -0.05) is 12.1 Å². The predicted molar refractivity (Wildman–Crippen MR) is 99.5 cm³/mol. The second-order valence-electron chi connectivity index (χ2n) is 7.34. The molecule has 1 aromatic heterocycles. The van der Waals surface area contributed by atoms with Crippen molar-refractivity contribution < 1.29 is 13.9 Å². The molecule has 1 aromatic carbocycles. The maximum atomic E-state index is 12.8. The van der Waals surface area contributed by atoms with E-state index in [1.807, 2.05) is 17.0 Å². The van der Waals surface area contributed by atoms with Gasteiger partial charge in [0.1, 0.15) is 5.75 Å². The van der Waals surface area contributed by atoms with E-state index in [-0.39, 0.29) is 5.91 Å². The lowest BCUT2D eigenvalue weighted by atomic mass is 9.88. The number of hydrogen-bond acceptors (Lipinski definition) is 4. The summed E-state index contributed by atoms with van der Waals surface area (Å²) in [6.45, 7) is 4.90. The van der Waals surface area contributed by atoms with E-state index in [0.29, 0.717) is 17.6 Å². The third kappa shape index (κ3) is 3.49. The fourth-order valence-corrected chi connectivity index (χ4v) is 4.32. The molecule has 0 saturated carbocycles. The number of hydrogen-bond donors (Lipinski definition) is 0. The van der Waals surface area contributed by atoms with Crippen molar-refractivity contribution >= 4 is 5.91 Å². The lowest BCUT2D eigenvalue weighted by molar-refractivity contribution is 0.0752. The smallest absolute Gasteiger partial charge is 0.289 e. The minimum atomic E-state index is -0.00758. The van der Waals surface area contributed by atoms with Gasteiger partial charge in [0, 0.05) is 25.6 Å². The standard InChI is InChI=1S/C21H26N2O3/c1-25-18-7-4-6-16(12-18)19-15-23(21(24)20-8-5-11-26-20)14-17(19)13-22-9-2-3-10-22/h4-8,11-12,17,19H,2-3,9-10,13-15H2,1H3. The maximum absolute atomic E-state index is 12.8. The molecule has 0 bridgehead atoms. The number of furan rings is 1. The topological polar surface area (TPSA) is 45.9 Å². The highest BCUT2D eigenvalue weighted by Crippen LogP contribution is 2.36. The summed E-state index contributed by atoms with van der Waals surface area (Å²) < 4.78 is 10.7. The van der Waals surface area contributed by atoms with Crippen LogP contribution in [0.15, 0.2) is 47.1 Å². The molecule has 2 aliphatic rings. The van der Waals surface area contributed by atoms with Crippen LogP contribution in [0, 0.1) is 5.92 Å². The minimum Gasteiger partial charge on any atom is -0.497 e. The van der Waals surface area contributed by atoms with Gasteiger partial charge in [0.05, 0.1) is 13.4 Å². The number of carbonyl (C=O) groups is 1. The highest BCUT2D eigenvalue weighted by Gasteiger charge is 2.38. The molecule has 4 rings (SSSR count). The van der Waals surface area contributed by atoms with E-state index in [1.54, 1.807) is 25.5 Å². The molecule has 0 N–H and O–H groups in total. The second kappa shape index (κ2) is 7.54. The number of carbonyl (C=O) groups excluding carboxylic acids is 1. The zero-order chi connectivity index (χ0) is 17.9. The number of amides is 1. The van der Waals surface area contributed by atoms with Gasteiger partial charge in [-0.3, -0.25) is 4.79 Å². The molecule has 0 spiro atoms. The van der Waals surface area contributed by atoms with Crippen molar-refractivity contribution in [3.8, 4) is 5.75 Å². The van der Waals surface area contributed by atoms with Crippen molar-refractivity contribution in [2.24, 2.45) is 5.92 Å². The van der Waals surface area contributed by atoms with Crippen LogP contribution in [0.1, 0.15) is 34.9 Å². The summed E-state index contributed by atoms with van der Waals surface area (Å²) in [6, 6.07) is 11.8. The lowest BCUT2D eigenvalue weighted by Crippen LogP contribution is -2.32. The van der Waals surface area contributed by atoms with Gasteiger partial charge < -0.3 is 19.0 Å². The second-order valence-corrected chi connectivity index (χ2v) is 7.34. The average Bonchev–Trinajstić information content (AvgIpc) is 3.43. The molecule has 1 amide bonds. The van der Waals surface area contributed by atoms with Gasteiger partial charge in [0.25, 0.3) is 5.91 Å². The van der Waals surface area contributed by atoms with Crippen molar-refractivity contribution in [1.29, 1.82) is 0 Å². The molecule has 2 aromatic rings. The molecule has 2 atom stereocenters. The van der Waals surface area contributed by atoms with Gasteiger partial charge in [-0.2, -0.15) is 0 Å². The van der Waals surface area contributed by atoms with Gasteiger partial charge in [0.15, 0.2) is 5.76 Å². The monoisotopic (exact) mass is 354 g/mol. The van der Waals surface area contributed by atoms with E-state index in [0.717, 1.165) is 25.4 Å². The van der Waals surface area contributed by atoms with E-state index in [2.05, 4.69) is 17.0 Å². The molecular weight excluding hydrogens is 328 g/mol. The molecule has 2 fully saturated rings. The molecule has 26 heavy (non-hydrogen) atoms. The van der Waals surface area contributed by atoms with Crippen LogP contribution in [0.3, 0.4) is 0 Å². The van der Waals surface area contributed by atoms with Crippen LogP contribution >= 0.6 is 0 Å². The Morgan fingerprint density at radius 1 is 1.19 bits per heavy atom. The first-order valence-electron chi connectivity index (χ1n) is 9.43. The summed E-state index contributed by atoms with van der Waals surface area (Å²) >= 11 is 0. The van der Waals surface area contributed by atoms with Crippen LogP contribution in [0.4, 0.5) is 0 Å². The molecule has 0 radical (unpaired) electrons. The highest BCUT2D eigenvalue weighted by molar-refractivity contribution is 5.91. The fourth-order valence-electron chi connectivity index (χ4n) is 4.32. The number of nitrogens with zero attached hydrogens (tertiary/aromatic N) is 2. The molecular formula is C21H26N2O3. The van der Waals surface area contributed by atoms with Gasteiger partial charge in [-0.25, -0.2) is 0 Å². The number of benzene rings is 1. The van der Waals surface area contributed by atoms with Crippen LogP contribution < -0.4 is 4.74 Å². The zero-order valence-electron chi connectivity index (χ0n) is 15.3. The Kier molecular flexibility index (Phi) is 4.98. The fraction of sp³-hybridized carbons (Fsp3) is 0.476. The van der Waals surface area contributed by atoms with Crippen molar-refractivity contribution in [2.75, 3.05) is 39.8 Å². The summed E-state index contributed by atoms with van der Waals surface area (Å²) in [5, 5.41) is 0. The van der Waals surface area contributed by atoms with Gasteiger partial charge in [0.2, 0.25) is 0 Å². The van der Waals surface area contributed by atoms with Gasteiger partial charge in [-0.15, -0.1) is 0 Å². The van der Waals surface area contributed by atoms with Crippen LogP contribution in [0.5, 0.6) is 5.75 Å². The number of rotatable bonds is 5. The summed E-state index contributed by atoms with van der Waals surface area (Å²) in [4.78, 5) is 17.3. The Labute approximate surface area is 154 Å². The number of ether oxygens (including phenoxy) is 1. The van der Waals surface area contributed by atoms with E-state index in [4.69, 9.17) is 9.15 Å². The van der Waals surface area contributed by atoms with Crippen molar-refractivity contribution in [1.82, 2.24) is 9.80 Å². The summed E-state index contributed by atoms with van der Waals surface area (Å²) in [7, 11) is 1.70. The van der Waals surface area contributed by atoms with Crippen molar-refractivity contribution in [2.45, 2.75) is 18.8 Å². The Morgan fingerprint density at radius 3 is 2.77 bits per heavy atom. The highest BCUT2D eigenvalue weighted by atomic mass is 16.5. The third-order valence-electron chi connectivity index (χ3n) is 5.67. The van der Waals surface area contributed by atoms with E-state index in [1.165, 1.54) is 31.5 Å². The summed E-state index contributed by atoms with van der Waals surface area (Å²) in [5.41, 5.74) is 1.25. The molecule has 3 heterocycles. The zero-order valence-corrected chi connectivity index (χ0v) is 15.3. The SMILES string of the molecule is COc1cccc(C2CN(C(=O)c3ccco3)CC2CN2CCCC2)c1. The molecule has 2 unspecified atom stereocenters. The minimum absolute atomic E-state index is 0.00758. The first-order valence-corrected chi connectivity index (χ1v) is 9.43. The first kappa shape index (κ1) is 17.2. The van der Waals surface area contributed by atoms with Crippen LogP contribution in [-0.2, 0) is 0 Å². The van der Waals surface area contributed by atoms with E-state index < -0.39 is 0 Å². The molecule has 5 nitrogen and oxygen atoms in total. The lowest BCUT2D eigenvalue weighted by Gasteiger charge is -2.24. The number of methoxy groups -OCH3 is 1. The average molecular weight is 354 g/mol. The maximum Gasteiger partial charge on any atom is 0.289 e.